The summed E-state index contributed by atoms with van der Waals surface area (Å²) in [5.74, 6) is -2.42. The topological polar surface area (TPSA) is 92.4 Å². The summed E-state index contributed by atoms with van der Waals surface area (Å²) in [4.78, 5) is 22.0. The van der Waals surface area contributed by atoms with Crippen molar-refractivity contribution >= 4 is 29.2 Å². The average Bonchev–Trinajstić information content (AvgIpc) is 2.12. The van der Waals surface area contributed by atoms with Crippen LogP contribution >= 0.6 is 17.3 Å². The third kappa shape index (κ3) is 5.48. The first kappa shape index (κ1) is 13.8. The maximum atomic E-state index is 11.2. The van der Waals surface area contributed by atoms with E-state index in [-0.39, 0.29) is 8.42 Å². The highest BCUT2D eigenvalue weighted by atomic mass is 32.0. The number of carbonyl (C=O) groups excluding carboxylic acids is 1. The number of carboxylic acids is 1. The van der Waals surface area contributed by atoms with Gasteiger partial charge in [-0.3, -0.25) is 9.59 Å². The molecule has 4 N–H and O–H groups in total. The molecule has 3 atom stereocenters. The lowest BCUT2D eigenvalue weighted by atomic mass is 10.0. The molecule has 0 spiro atoms. The second kappa shape index (κ2) is 8.10. The smallest absolute Gasteiger partial charge is 0.316 e. The number of nitrogens with two attached hydrogens (primary N) is 1. The minimum absolute atomic E-state index is 0.158. The molecule has 0 saturated carbocycles. The summed E-state index contributed by atoms with van der Waals surface area (Å²) in [6.45, 7) is 0.527. The van der Waals surface area contributed by atoms with Crippen molar-refractivity contribution in [2.24, 2.45) is 11.7 Å². The molecule has 14 heavy (non-hydrogen) atoms. The summed E-state index contributed by atoms with van der Waals surface area (Å²) in [6.07, 6.45) is 1.77. The molecule has 0 heterocycles. The number of carbonyl (C=O) groups is 2. The molecule has 0 aromatic heterocycles. The van der Waals surface area contributed by atoms with Gasteiger partial charge in [-0.05, 0) is 27.8 Å². The molecule has 0 aromatic carbocycles. The molecule has 0 aromatic rings. The molecule has 7 heteroatoms. The molecule has 0 bridgehead atoms. The third-order valence-electron chi connectivity index (χ3n) is 1.76. The van der Waals surface area contributed by atoms with E-state index in [9.17, 15) is 9.59 Å². The Bertz CT molecular complexity index is 201. The van der Waals surface area contributed by atoms with Crippen LogP contribution in [0.25, 0.3) is 0 Å². The van der Waals surface area contributed by atoms with E-state index < -0.39 is 17.8 Å². The van der Waals surface area contributed by atoms with Crippen molar-refractivity contribution in [3.05, 3.63) is 0 Å². The van der Waals surface area contributed by atoms with Gasteiger partial charge < -0.3 is 15.9 Å². The van der Waals surface area contributed by atoms with Crippen molar-refractivity contribution in [3.63, 3.8) is 0 Å². The Morgan fingerprint density at radius 3 is 2.57 bits per heavy atom. The second-order valence-electron chi connectivity index (χ2n) is 2.81. The van der Waals surface area contributed by atoms with Crippen LogP contribution in [-0.2, 0) is 9.59 Å². The highest BCUT2D eigenvalue weighted by Gasteiger charge is 2.24. The Morgan fingerprint density at radius 1 is 1.50 bits per heavy atom. The number of amides is 1. The van der Waals surface area contributed by atoms with Crippen molar-refractivity contribution in [2.45, 2.75) is 19.3 Å². The molecular formula is C7H16N2O3P2. The predicted octanol–water partition coefficient (Wildman–Crippen LogP) is 0.316. The van der Waals surface area contributed by atoms with Gasteiger partial charge in [0.2, 0.25) is 5.91 Å². The number of rotatable bonds is 7. The molecule has 0 aliphatic rings. The Kier molecular flexibility index (Phi) is 7.96. The highest BCUT2D eigenvalue weighted by molar-refractivity contribution is 8.02. The number of nitrogens with one attached hydrogen (secondary N) is 1. The van der Waals surface area contributed by atoms with Gasteiger partial charge in [0.15, 0.2) is 0 Å². The van der Waals surface area contributed by atoms with E-state index in [0.717, 1.165) is 6.42 Å². The Labute approximate surface area is 87.1 Å². The van der Waals surface area contributed by atoms with Gasteiger partial charge in [-0.25, -0.2) is 0 Å². The van der Waals surface area contributed by atoms with Crippen LogP contribution in [0.5, 0.6) is 0 Å². The van der Waals surface area contributed by atoms with Crippen molar-refractivity contribution in [2.75, 3.05) is 6.54 Å². The molecule has 0 fully saturated rings. The van der Waals surface area contributed by atoms with Crippen molar-refractivity contribution in [1.82, 2.24) is 5.09 Å². The lowest BCUT2D eigenvalue weighted by Crippen LogP contribution is -2.30. The van der Waals surface area contributed by atoms with Gasteiger partial charge in [-0.2, -0.15) is 0 Å². The lowest BCUT2D eigenvalue weighted by molar-refractivity contribution is -0.146. The summed E-state index contributed by atoms with van der Waals surface area (Å²) in [7, 11) is 2.50. The van der Waals surface area contributed by atoms with Crippen LogP contribution < -0.4 is 10.8 Å². The minimum atomic E-state index is -1.07. The van der Waals surface area contributed by atoms with Crippen molar-refractivity contribution in [3.8, 4) is 0 Å². The fourth-order valence-electron chi connectivity index (χ4n) is 1.02. The fourth-order valence-corrected chi connectivity index (χ4v) is 1.76. The Hall–Kier alpha value is -0.240. The summed E-state index contributed by atoms with van der Waals surface area (Å²) < 4.78 is 0. The van der Waals surface area contributed by atoms with E-state index in [1.165, 1.54) is 0 Å². The number of hydrogen-bond donors (Lipinski definition) is 3. The van der Waals surface area contributed by atoms with Crippen LogP contribution in [0, 0.1) is 5.92 Å². The SMILES string of the molecule is NCCCCC(C(=O)O)C(=O)NPP. The molecular weight excluding hydrogens is 222 g/mol. The molecule has 3 unspecified atom stereocenters. The monoisotopic (exact) mass is 238 g/mol. The second-order valence-corrected chi connectivity index (χ2v) is 4.21. The molecule has 0 aliphatic carbocycles. The van der Waals surface area contributed by atoms with Crippen LogP contribution in [0.1, 0.15) is 19.3 Å². The molecule has 0 rings (SSSR count). The fraction of sp³-hybridized carbons (Fsp3) is 0.714. The van der Waals surface area contributed by atoms with Crippen LogP contribution in [0.3, 0.4) is 0 Å². The zero-order valence-electron chi connectivity index (χ0n) is 7.82. The van der Waals surface area contributed by atoms with Gasteiger partial charge in [-0.1, -0.05) is 15.3 Å². The molecule has 0 aliphatic heterocycles. The quantitative estimate of drug-likeness (QED) is 0.338. The van der Waals surface area contributed by atoms with Crippen LogP contribution in [0.2, 0.25) is 0 Å². The highest BCUT2D eigenvalue weighted by Crippen LogP contribution is 2.17. The minimum Gasteiger partial charge on any atom is -0.481 e. The van der Waals surface area contributed by atoms with Gasteiger partial charge in [0.1, 0.15) is 5.92 Å². The average molecular weight is 238 g/mol. The van der Waals surface area contributed by atoms with Crippen LogP contribution in [-0.4, -0.2) is 23.5 Å². The van der Waals surface area contributed by atoms with Gasteiger partial charge in [-0.15, -0.1) is 0 Å². The van der Waals surface area contributed by atoms with Crippen LogP contribution in [0.15, 0.2) is 0 Å². The number of aliphatic carboxylic acids is 1. The molecule has 82 valence electrons. The lowest BCUT2D eigenvalue weighted by Gasteiger charge is -2.10. The Balaban J connectivity index is 4.01. The molecule has 5 nitrogen and oxygen atoms in total. The maximum absolute atomic E-state index is 11.2. The van der Waals surface area contributed by atoms with E-state index in [2.05, 4.69) is 14.0 Å². The van der Waals surface area contributed by atoms with Gasteiger partial charge in [0.25, 0.3) is 0 Å². The third-order valence-corrected chi connectivity index (χ3v) is 2.58. The predicted molar refractivity (Wildman–Crippen MR) is 60.2 cm³/mol. The van der Waals surface area contributed by atoms with Gasteiger partial charge >= 0.3 is 5.97 Å². The van der Waals surface area contributed by atoms with E-state index in [1.807, 2.05) is 0 Å². The number of carboxylic acid groups (broad SMARTS) is 1. The van der Waals surface area contributed by atoms with E-state index in [1.54, 1.807) is 0 Å². The summed E-state index contributed by atoms with van der Waals surface area (Å²) in [6, 6.07) is 0. The van der Waals surface area contributed by atoms with Gasteiger partial charge in [0, 0.05) is 0 Å². The molecule has 0 radical (unpaired) electrons. The summed E-state index contributed by atoms with van der Waals surface area (Å²) in [5.41, 5.74) is 5.28. The number of unbranched alkanes of at least 4 members (excludes halogenated alkanes) is 1. The normalized spacial score (nSPS) is 13.0. The first-order chi connectivity index (χ1) is 6.63. The first-order valence-electron chi connectivity index (χ1n) is 4.31. The zero-order chi connectivity index (χ0) is 11.0. The van der Waals surface area contributed by atoms with E-state index in [0.29, 0.717) is 19.4 Å². The molecule has 1 amide bonds. The van der Waals surface area contributed by atoms with E-state index in [4.69, 9.17) is 10.8 Å². The van der Waals surface area contributed by atoms with Gasteiger partial charge in [0.05, 0.1) is 0 Å². The number of hydrogen-bond acceptors (Lipinski definition) is 3. The maximum Gasteiger partial charge on any atom is 0.316 e. The summed E-state index contributed by atoms with van der Waals surface area (Å²) in [5, 5.41) is 11.3. The molecule has 0 saturated heterocycles. The zero-order valence-corrected chi connectivity index (χ0v) is 9.98. The van der Waals surface area contributed by atoms with Crippen LogP contribution in [0.4, 0.5) is 0 Å². The first-order valence-corrected chi connectivity index (χ1v) is 7.12. The van der Waals surface area contributed by atoms with E-state index >= 15 is 0 Å². The Morgan fingerprint density at radius 2 is 2.14 bits per heavy atom. The largest absolute Gasteiger partial charge is 0.481 e. The summed E-state index contributed by atoms with van der Waals surface area (Å²) >= 11 is 0. The van der Waals surface area contributed by atoms with Crippen molar-refractivity contribution in [1.29, 1.82) is 0 Å². The van der Waals surface area contributed by atoms with Crippen molar-refractivity contribution < 1.29 is 14.7 Å². The standard InChI is InChI=1S/C7H16N2O3P2/c8-4-2-1-3-5(7(11)12)6(10)9-14-13/h5,14H,1-4,8,13H2,(H,9,10)(H,11,12).